The fourth-order valence-corrected chi connectivity index (χ4v) is 2.36. The van der Waals surface area contributed by atoms with Crippen LogP contribution in [0.3, 0.4) is 0 Å². The molecule has 0 amide bonds. The molecule has 4 atom stereocenters. The van der Waals surface area contributed by atoms with Crippen molar-refractivity contribution in [2.75, 3.05) is 0 Å². The molecule has 9 nitrogen and oxygen atoms in total. The first kappa shape index (κ1) is 14.7. The summed E-state index contributed by atoms with van der Waals surface area (Å²) in [6, 6.07) is -2.12. The van der Waals surface area contributed by atoms with Gasteiger partial charge in [-0.15, -0.1) is 0 Å². The number of aliphatic hydroxyl groups excluding tert-OH is 2. The minimum atomic E-state index is -2.40. The summed E-state index contributed by atoms with van der Waals surface area (Å²) in [7, 11) is 0. The van der Waals surface area contributed by atoms with Crippen LogP contribution in [0.1, 0.15) is 22.5 Å². The van der Waals surface area contributed by atoms with Gasteiger partial charge in [-0.25, -0.2) is 9.59 Å². The number of aliphatic carboxylic acids is 1. The van der Waals surface area contributed by atoms with E-state index < -0.39 is 78.3 Å². The first-order valence-corrected chi connectivity index (χ1v) is 7.11. The normalized spacial score (nSPS) is 31.2. The minimum absolute atomic E-state index is 0.372. The molecule has 1 saturated carbocycles. The number of rotatable bonds is 4. The molecule has 1 aliphatic carbocycles. The van der Waals surface area contributed by atoms with Crippen molar-refractivity contribution in [2.45, 2.75) is 36.8 Å². The van der Waals surface area contributed by atoms with Crippen molar-refractivity contribution in [2.24, 2.45) is 0 Å². The molecule has 2 rings (SSSR count). The lowest BCUT2D eigenvalue weighted by Crippen LogP contribution is -2.57. The first-order chi connectivity index (χ1) is 12.9. The number of phenolic OH excluding ortho intramolecular Hbond substituents is 2. The Balaban J connectivity index is 2.21. The number of phenols is 2. The Morgan fingerprint density at radius 3 is 2.56 bits per heavy atom. The second kappa shape index (κ2) is 7.09. The van der Waals surface area contributed by atoms with Gasteiger partial charge < -0.3 is 35.4 Å². The van der Waals surface area contributed by atoms with Crippen LogP contribution in [0.5, 0.6) is 11.5 Å². The Kier molecular flexibility index (Phi) is 4.17. The standard InChI is InChI=1S/C16H18O9/c17-9-3-1-8(5-10(9)18)2-4-13(20)25-12-7-16(24,15(22)23)6-11(19)14(12)21/h1-5,11-12,14,17-19,21,24H,6-7H2,(H,22,23)/b4-2+/t11-,12-,14-,16+/m1/s1/i1D,3D,5D. The van der Waals surface area contributed by atoms with Crippen molar-refractivity contribution >= 4 is 18.0 Å². The molecule has 0 bridgehead atoms. The molecule has 0 saturated heterocycles. The zero-order chi connectivity index (χ0) is 21.4. The van der Waals surface area contributed by atoms with Gasteiger partial charge in [-0.05, 0) is 23.7 Å². The van der Waals surface area contributed by atoms with E-state index in [0.717, 1.165) is 6.08 Å². The highest BCUT2D eigenvalue weighted by molar-refractivity contribution is 5.87. The number of hydrogen-bond acceptors (Lipinski definition) is 8. The summed E-state index contributed by atoms with van der Waals surface area (Å²) in [4.78, 5) is 23.1. The van der Waals surface area contributed by atoms with E-state index in [1.165, 1.54) is 0 Å². The van der Waals surface area contributed by atoms with Crippen LogP contribution in [0.15, 0.2) is 24.2 Å². The Morgan fingerprint density at radius 2 is 1.92 bits per heavy atom. The van der Waals surface area contributed by atoms with E-state index in [2.05, 4.69) is 0 Å². The number of aromatic hydroxyl groups is 2. The van der Waals surface area contributed by atoms with Crippen LogP contribution in [-0.4, -0.2) is 66.5 Å². The monoisotopic (exact) mass is 357 g/mol. The van der Waals surface area contributed by atoms with E-state index in [1.807, 2.05) is 0 Å². The zero-order valence-electron chi connectivity index (χ0n) is 15.7. The predicted octanol–water partition coefficient (Wildman–Crippen LogP) is -0.646. The number of carboxylic acids is 1. The van der Waals surface area contributed by atoms with Gasteiger partial charge in [0, 0.05) is 18.9 Å². The van der Waals surface area contributed by atoms with Crippen LogP contribution >= 0.6 is 0 Å². The van der Waals surface area contributed by atoms with E-state index in [0.29, 0.717) is 6.08 Å². The average Bonchev–Trinajstić information content (AvgIpc) is 2.62. The molecular formula is C16H18O9. The second-order valence-corrected chi connectivity index (χ2v) is 5.60. The molecule has 0 aliphatic heterocycles. The number of benzene rings is 1. The molecule has 0 unspecified atom stereocenters. The van der Waals surface area contributed by atoms with E-state index >= 15 is 0 Å². The SMILES string of the molecule is [2H]c1c([2H])c(/C=C/C(=O)O[C@@H]2C[C@](O)(C(=O)O)C[C@@H](O)[C@H]2O)c([2H])c(O)c1O. The molecule has 0 radical (unpaired) electrons. The van der Waals surface area contributed by atoms with Crippen LogP contribution < -0.4 is 0 Å². The van der Waals surface area contributed by atoms with Crippen molar-refractivity contribution in [1.29, 1.82) is 0 Å². The summed E-state index contributed by atoms with van der Waals surface area (Å²) in [5, 5.41) is 57.6. The molecule has 6 N–H and O–H groups in total. The molecule has 9 heteroatoms. The number of hydrogen-bond donors (Lipinski definition) is 6. The van der Waals surface area contributed by atoms with Gasteiger partial charge in [-0.1, -0.05) is 6.04 Å². The fraction of sp³-hybridized carbons (Fsp3) is 0.375. The third-order valence-corrected chi connectivity index (χ3v) is 3.71. The smallest absolute Gasteiger partial charge is 0.335 e. The average molecular weight is 357 g/mol. The Labute approximate surface area is 146 Å². The summed E-state index contributed by atoms with van der Waals surface area (Å²) in [5.41, 5.74) is -2.78. The zero-order valence-corrected chi connectivity index (χ0v) is 12.7. The van der Waals surface area contributed by atoms with Crippen LogP contribution in [-0.2, 0) is 14.3 Å². The van der Waals surface area contributed by atoms with Crippen molar-refractivity contribution in [3.63, 3.8) is 0 Å². The molecule has 0 heterocycles. The van der Waals surface area contributed by atoms with Gasteiger partial charge in [-0.3, -0.25) is 0 Å². The van der Waals surface area contributed by atoms with Crippen molar-refractivity contribution < 1.29 is 49.1 Å². The van der Waals surface area contributed by atoms with Crippen LogP contribution in [0.2, 0.25) is 0 Å². The van der Waals surface area contributed by atoms with E-state index in [-0.39, 0.29) is 5.56 Å². The van der Waals surface area contributed by atoms with Crippen LogP contribution in [0, 0.1) is 0 Å². The molecule has 1 fully saturated rings. The number of esters is 1. The van der Waals surface area contributed by atoms with E-state index in [4.69, 9.17) is 14.0 Å². The third-order valence-electron chi connectivity index (χ3n) is 3.71. The summed E-state index contributed by atoms with van der Waals surface area (Å²) >= 11 is 0. The fourth-order valence-electron chi connectivity index (χ4n) is 2.36. The van der Waals surface area contributed by atoms with Crippen molar-refractivity contribution in [3.05, 3.63) is 29.8 Å². The van der Waals surface area contributed by atoms with Gasteiger partial charge in [0.25, 0.3) is 0 Å². The molecule has 1 aromatic rings. The van der Waals surface area contributed by atoms with Crippen molar-refractivity contribution in [1.82, 2.24) is 0 Å². The van der Waals surface area contributed by atoms with Crippen LogP contribution in [0.25, 0.3) is 6.08 Å². The highest BCUT2D eigenvalue weighted by Gasteiger charge is 2.50. The lowest BCUT2D eigenvalue weighted by molar-refractivity contribution is -0.196. The lowest BCUT2D eigenvalue weighted by atomic mass is 9.79. The maximum absolute atomic E-state index is 12.0. The molecule has 136 valence electrons. The van der Waals surface area contributed by atoms with Gasteiger partial charge in [0.05, 0.1) is 10.2 Å². The minimum Gasteiger partial charge on any atom is -0.504 e. The number of carbonyl (C=O) groups excluding carboxylic acids is 1. The topological polar surface area (TPSA) is 165 Å². The summed E-state index contributed by atoms with van der Waals surface area (Å²) in [5.74, 6) is -4.73. The summed E-state index contributed by atoms with van der Waals surface area (Å²) in [6.07, 6.45) is -4.63. The quantitative estimate of drug-likeness (QED) is 0.233. The third kappa shape index (κ3) is 4.27. The first-order valence-electron chi connectivity index (χ1n) is 8.61. The molecular weight excluding hydrogens is 336 g/mol. The molecule has 0 aromatic heterocycles. The highest BCUT2D eigenvalue weighted by Crippen LogP contribution is 2.31. The van der Waals surface area contributed by atoms with Gasteiger partial charge >= 0.3 is 11.9 Å². The molecule has 1 aromatic carbocycles. The molecule has 0 spiro atoms. The van der Waals surface area contributed by atoms with E-state index in [1.54, 1.807) is 0 Å². The largest absolute Gasteiger partial charge is 0.504 e. The summed E-state index contributed by atoms with van der Waals surface area (Å²) in [6.45, 7) is 0. The lowest BCUT2D eigenvalue weighted by Gasteiger charge is -2.39. The number of carboxylic acid groups (broad SMARTS) is 1. The number of carbonyl (C=O) groups is 2. The number of aliphatic hydroxyl groups is 3. The maximum atomic E-state index is 12.0. The summed E-state index contributed by atoms with van der Waals surface area (Å²) < 4.78 is 27.7. The van der Waals surface area contributed by atoms with Gasteiger partial charge in [0.1, 0.15) is 12.2 Å². The maximum Gasteiger partial charge on any atom is 0.335 e. The van der Waals surface area contributed by atoms with Gasteiger partial charge in [0.15, 0.2) is 17.1 Å². The molecule has 1 aliphatic rings. The second-order valence-electron chi connectivity index (χ2n) is 5.60. The van der Waals surface area contributed by atoms with Gasteiger partial charge in [-0.2, -0.15) is 0 Å². The van der Waals surface area contributed by atoms with Crippen LogP contribution in [0.4, 0.5) is 0 Å². The predicted molar refractivity (Wildman–Crippen MR) is 82.5 cm³/mol. The highest BCUT2D eigenvalue weighted by atomic mass is 16.6. The van der Waals surface area contributed by atoms with Gasteiger partial charge in [0.2, 0.25) is 0 Å². The Hall–Kier alpha value is -2.62. The number of ether oxygens (including phenoxy) is 1. The Bertz CT molecular complexity index is 812. The van der Waals surface area contributed by atoms with Crippen molar-refractivity contribution in [3.8, 4) is 11.5 Å². The van der Waals surface area contributed by atoms with E-state index in [9.17, 15) is 35.1 Å². The Morgan fingerprint density at radius 1 is 1.24 bits per heavy atom. The molecule has 25 heavy (non-hydrogen) atoms.